The van der Waals surface area contributed by atoms with Gasteiger partial charge in [-0.2, -0.15) is 5.10 Å². The highest BCUT2D eigenvalue weighted by atomic mass is 16.5. The molecular weight excluding hydrogens is 290 g/mol. The summed E-state index contributed by atoms with van der Waals surface area (Å²) in [6.07, 6.45) is 1.55. The Morgan fingerprint density at radius 2 is 1.74 bits per heavy atom. The summed E-state index contributed by atoms with van der Waals surface area (Å²) < 4.78 is 5.75. The van der Waals surface area contributed by atoms with Gasteiger partial charge in [-0.1, -0.05) is 30.3 Å². The van der Waals surface area contributed by atoms with E-state index < -0.39 is 0 Å². The molecule has 116 valence electrons. The maximum absolute atomic E-state index is 12.0. The van der Waals surface area contributed by atoms with Crippen molar-refractivity contribution in [2.45, 2.75) is 13.0 Å². The first-order valence-corrected chi connectivity index (χ1v) is 7.35. The molecule has 3 aromatic rings. The number of nitrogens with one attached hydrogen (secondary N) is 2. The van der Waals surface area contributed by atoms with Crippen molar-refractivity contribution in [3.63, 3.8) is 0 Å². The van der Waals surface area contributed by atoms with E-state index in [2.05, 4.69) is 15.5 Å². The van der Waals surface area contributed by atoms with Crippen LogP contribution in [0.2, 0.25) is 0 Å². The van der Waals surface area contributed by atoms with Gasteiger partial charge in [-0.3, -0.25) is 9.89 Å². The van der Waals surface area contributed by atoms with Crippen LogP contribution in [0.3, 0.4) is 0 Å². The molecule has 1 atom stereocenters. The highest BCUT2D eigenvalue weighted by Crippen LogP contribution is 2.23. The smallest absolute Gasteiger partial charge is 0.269 e. The maximum Gasteiger partial charge on any atom is 0.269 e. The van der Waals surface area contributed by atoms with Crippen molar-refractivity contribution in [1.82, 2.24) is 15.5 Å². The Bertz CT molecular complexity index is 753. The summed E-state index contributed by atoms with van der Waals surface area (Å²) in [5.74, 6) is 1.37. The fraction of sp³-hybridized carbons (Fsp3) is 0.111. The van der Waals surface area contributed by atoms with Gasteiger partial charge in [0, 0.05) is 6.20 Å². The molecular formula is C18H17N3O2. The van der Waals surface area contributed by atoms with Crippen LogP contribution in [0, 0.1) is 0 Å². The standard InChI is InChI=1S/C18H17N3O2/c1-13(20-18(22)17-11-12-19-21-17)14-7-9-16(10-8-14)23-15-5-3-2-4-6-15/h2-13H,1H3,(H,19,21)(H,20,22). The quantitative estimate of drug-likeness (QED) is 0.755. The van der Waals surface area contributed by atoms with E-state index in [1.165, 1.54) is 0 Å². The van der Waals surface area contributed by atoms with E-state index in [1.807, 2.05) is 61.5 Å². The lowest BCUT2D eigenvalue weighted by Gasteiger charge is -2.14. The summed E-state index contributed by atoms with van der Waals surface area (Å²) >= 11 is 0. The minimum absolute atomic E-state index is 0.114. The fourth-order valence-electron chi connectivity index (χ4n) is 2.19. The number of carbonyl (C=O) groups excluding carboxylic acids is 1. The molecule has 5 nitrogen and oxygen atoms in total. The monoisotopic (exact) mass is 307 g/mol. The average Bonchev–Trinajstić information content (AvgIpc) is 3.11. The SMILES string of the molecule is CC(NC(=O)c1ccn[nH]1)c1ccc(Oc2ccccc2)cc1. The van der Waals surface area contributed by atoms with Crippen molar-refractivity contribution in [1.29, 1.82) is 0 Å². The van der Waals surface area contributed by atoms with Crippen LogP contribution in [-0.2, 0) is 0 Å². The average molecular weight is 307 g/mol. The number of benzene rings is 2. The number of amides is 1. The van der Waals surface area contributed by atoms with Gasteiger partial charge in [0.1, 0.15) is 17.2 Å². The number of nitrogens with zero attached hydrogens (tertiary/aromatic N) is 1. The van der Waals surface area contributed by atoms with Gasteiger partial charge in [0.25, 0.3) is 5.91 Å². The third-order valence-corrected chi connectivity index (χ3v) is 3.45. The van der Waals surface area contributed by atoms with Crippen LogP contribution in [0.1, 0.15) is 29.0 Å². The maximum atomic E-state index is 12.0. The second kappa shape index (κ2) is 6.79. The first-order chi connectivity index (χ1) is 11.2. The molecule has 2 aromatic carbocycles. The van der Waals surface area contributed by atoms with E-state index in [4.69, 9.17) is 4.74 Å². The Labute approximate surface area is 134 Å². The van der Waals surface area contributed by atoms with Gasteiger partial charge in [-0.25, -0.2) is 0 Å². The number of carbonyl (C=O) groups is 1. The van der Waals surface area contributed by atoms with E-state index in [-0.39, 0.29) is 11.9 Å². The predicted octanol–water partition coefficient (Wildman–Crippen LogP) is 3.69. The van der Waals surface area contributed by atoms with Crippen LogP contribution < -0.4 is 10.1 Å². The van der Waals surface area contributed by atoms with Crippen molar-refractivity contribution in [3.8, 4) is 11.5 Å². The number of aromatic nitrogens is 2. The molecule has 0 aliphatic carbocycles. The van der Waals surface area contributed by atoms with Crippen LogP contribution in [-0.4, -0.2) is 16.1 Å². The summed E-state index contributed by atoms with van der Waals surface area (Å²) in [4.78, 5) is 12.0. The second-order valence-corrected chi connectivity index (χ2v) is 5.15. The van der Waals surface area contributed by atoms with Gasteiger partial charge < -0.3 is 10.1 Å². The summed E-state index contributed by atoms with van der Waals surface area (Å²) in [5, 5.41) is 9.34. The molecule has 0 saturated heterocycles. The van der Waals surface area contributed by atoms with Crippen molar-refractivity contribution in [2.75, 3.05) is 0 Å². The molecule has 0 saturated carbocycles. The number of hydrogen-bond donors (Lipinski definition) is 2. The molecule has 1 aromatic heterocycles. The summed E-state index contributed by atoms with van der Waals surface area (Å²) in [6.45, 7) is 1.93. The molecule has 23 heavy (non-hydrogen) atoms. The van der Waals surface area contributed by atoms with Crippen molar-refractivity contribution in [3.05, 3.63) is 78.1 Å². The van der Waals surface area contributed by atoms with Crippen LogP contribution >= 0.6 is 0 Å². The molecule has 1 amide bonds. The van der Waals surface area contributed by atoms with Crippen molar-refractivity contribution < 1.29 is 9.53 Å². The summed E-state index contributed by atoms with van der Waals surface area (Å²) in [5.41, 5.74) is 1.44. The molecule has 0 aliphatic heterocycles. The Morgan fingerprint density at radius 1 is 1.04 bits per heavy atom. The predicted molar refractivity (Wildman–Crippen MR) is 87.4 cm³/mol. The normalized spacial score (nSPS) is 11.7. The Morgan fingerprint density at radius 3 is 2.39 bits per heavy atom. The molecule has 5 heteroatoms. The molecule has 1 heterocycles. The second-order valence-electron chi connectivity index (χ2n) is 5.15. The van der Waals surface area contributed by atoms with E-state index in [0.29, 0.717) is 5.69 Å². The first-order valence-electron chi connectivity index (χ1n) is 7.35. The molecule has 3 rings (SSSR count). The van der Waals surface area contributed by atoms with E-state index in [9.17, 15) is 4.79 Å². The van der Waals surface area contributed by atoms with Crippen molar-refractivity contribution in [2.24, 2.45) is 0 Å². The van der Waals surface area contributed by atoms with Crippen LogP contribution in [0.15, 0.2) is 66.9 Å². The van der Waals surface area contributed by atoms with Gasteiger partial charge in [-0.15, -0.1) is 0 Å². The van der Waals surface area contributed by atoms with Crippen LogP contribution in [0.25, 0.3) is 0 Å². The highest BCUT2D eigenvalue weighted by Gasteiger charge is 2.12. The number of ether oxygens (including phenoxy) is 1. The van der Waals surface area contributed by atoms with E-state index >= 15 is 0 Å². The lowest BCUT2D eigenvalue weighted by atomic mass is 10.1. The Balaban J connectivity index is 1.63. The summed E-state index contributed by atoms with van der Waals surface area (Å²) in [6, 6.07) is 18.8. The molecule has 1 unspecified atom stereocenters. The lowest BCUT2D eigenvalue weighted by molar-refractivity contribution is 0.0935. The van der Waals surface area contributed by atoms with E-state index in [0.717, 1.165) is 17.1 Å². The van der Waals surface area contributed by atoms with Crippen LogP contribution in [0.5, 0.6) is 11.5 Å². The number of H-pyrrole nitrogens is 1. The Kier molecular flexibility index (Phi) is 4.38. The zero-order chi connectivity index (χ0) is 16.1. The third-order valence-electron chi connectivity index (χ3n) is 3.45. The largest absolute Gasteiger partial charge is 0.457 e. The fourth-order valence-corrected chi connectivity index (χ4v) is 2.19. The van der Waals surface area contributed by atoms with Gasteiger partial charge in [0.2, 0.25) is 0 Å². The summed E-state index contributed by atoms with van der Waals surface area (Å²) in [7, 11) is 0. The van der Waals surface area contributed by atoms with Crippen LogP contribution in [0.4, 0.5) is 0 Å². The van der Waals surface area contributed by atoms with Gasteiger partial charge >= 0.3 is 0 Å². The number of rotatable bonds is 5. The molecule has 0 radical (unpaired) electrons. The molecule has 0 aliphatic rings. The molecule has 0 spiro atoms. The first kappa shape index (κ1) is 14.8. The molecule has 0 fully saturated rings. The number of para-hydroxylation sites is 1. The minimum atomic E-state index is -0.181. The minimum Gasteiger partial charge on any atom is -0.457 e. The lowest BCUT2D eigenvalue weighted by Crippen LogP contribution is -2.26. The van der Waals surface area contributed by atoms with Gasteiger partial charge in [-0.05, 0) is 42.8 Å². The molecule has 0 bridgehead atoms. The third kappa shape index (κ3) is 3.77. The topological polar surface area (TPSA) is 67.0 Å². The zero-order valence-corrected chi connectivity index (χ0v) is 12.7. The zero-order valence-electron chi connectivity index (χ0n) is 12.7. The van der Waals surface area contributed by atoms with E-state index in [1.54, 1.807) is 12.3 Å². The highest BCUT2D eigenvalue weighted by molar-refractivity contribution is 5.92. The number of aromatic amines is 1. The van der Waals surface area contributed by atoms with Gasteiger partial charge in [0.05, 0.1) is 6.04 Å². The number of hydrogen-bond acceptors (Lipinski definition) is 3. The van der Waals surface area contributed by atoms with Crippen molar-refractivity contribution >= 4 is 5.91 Å². The van der Waals surface area contributed by atoms with Gasteiger partial charge in [0.15, 0.2) is 0 Å². The Hall–Kier alpha value is -3.08. The molecule has 2 N–H and O–H groups in total.